The van der Waals surface area contributed by atoms with Gasteiger partial charge in [0.1, 0.15) is 0 Å². The lowest BCUT2D eigenvalue weighted by atomic mass is 9.75. The van der Waals surface area contributed by atoms with Crippen LogP contribution in [0.4, 0.5) is 0 Å². The highest BCUT2D eigenvalue weighted by atomic mass is 14.4. The van der Waals surface area contributed by atoms with Gasteiger partial charge in [0.05, 0.1) is 0 Å². The molecular formula is C56H44. The highest BCUT2D eigenvalue weighted by molar-refractivity contribution is 6.25. The summed E-state index contributed by atoms with van der Waals surface area (Å²) in [6.07, 6.45) is 4.21. The van der Waals surface area contributed by atoms with Gasteiger partial charge in [-0.25, -0.2) is 0 Å². The van der Waals surface area contributed by atoms with Crippen molar-refractivity contribution in [2.45, 2.75) is 50.4 Å². The second kappa shape index (κ2) is 13.5. The molecule has 0 fully saturated rings. The molecule has 268 valence electrons. The molecule has 3 atom stereocenters. The Morgan fingerprint density at radius 2 is 0.893 bits per heavy atom. The Morgan fingerprint density at radius 3 is 1.57 bits per heavy atom. The summed E-state index contributed by atoms with van der Waals surface area (Å²) in [6.45, 7) is 2.49. The Hall–Kier alpha value is -6.24. The maximum absolute atomic E-state index is 2.52. The van der Waals surface area contributed by atoms with Gasteiger partial charge in [0.15, 0.2) is 0 Å². The lowest BCUT2D eigenvalue weighted by molar-refractivity contribution is 0.580. The van der Waals surface area contributed by atoms with Gasteiger partial charge in [0, 0.05) is 0 Å². The summed E-state index contributed by atoms with van der Waals surface area (Å²) in [5, 5.41) is 8.03. The SMILES string of the molecule is CC1c2c(cccc2-c2cccc3c2C(Cc2ccc4c5ccccc5c5ccccc5c4c2)CCc2ccccc2-3)-c2ccccc2CC1c1ccccc1. The van der Waals surface area contributed by atoms with Crippen molar-refractivity contribution in [3.8, 4) is 33.4 Å². The predicted molar refractivity (Wildman–Crippen MR) is 238 cm³/mol. The molecule has 0 saturated heterocycles. The number of hydrogen-bond acceptors (Lipinski definition) is 0. The molecule has 0 spiro atoms. The largest absolute Gasteiger partial charge is 0.0622 e. The molecule has 0 aliphatic heterocycles. The standard InChI is InChI=1S/C56H44/c1-36-53(38-15-3-2-4-16-38)35-40-18-6-8-20-43(40)49-25-13-27-51(55(36)49)52-28-14-26-50-42-19-7-5-17-39(42)30-31-41(56(50)52)33-37-29-32-48-46-23-10-9-21-44(46)45-22-11-12-24-47(45)54(48)34-37/h2-29,32,34,36,41,53H,30-31,33,35H2,1H3. The van der Waals surface area contributed by atoms with Gasteiger partial charge in [0.2, 0.25) is 0 Å². The number of aryl methyl sites for hydroxylation is 1. The van der Waals surface area contributed by atoms with Crippen molar-refractivity contribution in [2.75, 3.05) is 0 Å². The van der Waals surface area contributed by atoms with E-state index in [1.807, 2.05) is 0 Å². The van der Waals surface area contributed by atoms with Crippen LogP contribution in [0, 0.1) is 0 Å². The molecule has 0 aromatic heterocycles. The molecule has 0 amide bonds. The zero-order chi connectivity index (χ0) is 37.2. The number of rotatable bonds is 4. The Labute approximate surface area is 330 Å². The summed E-state index contributed by atoms with van der Waals surface area (Å²) in [5.41, 5.74) is 17.1. The normalized spacial score (nSPS) is 17.4. The summed E-state index contributed by atoms with van der Waals surface area (Å²) in [6, 6.07) is 69.1. The van der Waals surface area contributed by atoms with E-state index in [0.29, 0.717) is 17.8 Å². The van der Waals surface area contributed by atoms with E-state index in [2.05, 4.69) is 189 Å². The number of hydrogen-bond donors (Lipinski definition) is 0. The molecule has 0 bridgehead atoms. The maximum Gasteiger partial charge on any atom is -0.00546 e. The lowest BCUT2D eigenvalue weighted by Crippen LogP contribution is -2.12. The average molecular weight is 717 g/mol. The first-order valence-corrected chi connectivity index (χ1v) is 20.5. The fourth-order valence-corrected chi connectivity index (χ4v) is 10.7. The molecule has 2 aliphatic rings. The van der Waals surface area contributed by atoms with E-state index in [9.17, 15) is 0 Å². The first-order valence-electron chi connectivity index (χ1n) is 20.5. The Bertz CT molecular complexity index is 2910. The van der Waals surface area contributed by atoms with Gasteiger partial charge in [-0.05, 0) is 143 Å². The van der Waals surface area contributed by atoms with Crippen LogP contribution in [0.5, 0.6) is 0 Å². The van der Waals surface area contributed by atoms with E-state index in [-0.39, 0.29) is 0 Å². The van der Waals surface area contributed by atoms with Gasteiger partial charge in [-0.15, -0.1) is 0 Å². The fraction of sp³-hybridized carbons (Fsp3) is 0.143. The van der Waals surface area contributed by atoms with Crippen molar-refractivity contribution >= 4 is 32.3 Å². The van der Waals surface area contributed by atoms with Crippen molar-refractivity contribution in [1.29, 1.82) is 0 Å². The van der Waals surface area contributed by atoms with E-state index in [1.54, 1.807) is 0 Å². The summed E-state index contributed by atoms with van der Waals surface area (Å²) in [4.78, 5) is 0. The van der Waals surface area contributed by atoms with Crippen molar-refractivity contribution in [1.82, 2.24) is 0 Å². The summed E-state index contributed by atoms with van der Waals surface area (Å²) in [7, 11) is 0. The smallest absolute Gasteiger partial charge is 0.00546 e. The second-order valence-corrected chi connectivity index (χ2v) is 16.3. The Morgan fingerprint density at radius 1 is 0.411 bits per heavy atom. The van der Waals surface area contributed by atoms with Crippen LogP contribution in [-0.4, -0.2) is 0 Å². The zero-order valence-corrected chi connectivity index (χ0v) is 31.9. The molecule has 0 heteroatoms. The van der Waals surface area contributed by atoms with Crippen LogP contribution in [0.2, 0.25) is 0 Å². The van der Waals surface area contributed by atoms with Crippen LogP contribution in [0.3, 0.4) is 0 Å². The maximum atomic E-state index is 2.52. The van der Waals surface area contributed by atoms with E-state index in [1.165, 1.54) is 99.1 Å². The summed E-state index contributed by atoms with van der Waals surface area (Å²) < 4.78 is 0. The summed E-state index contributed by atoms with van der Waals surface area (Å²) >= 11 is 0. The van der Waals surface area contributed by atoms with Crippen LogP contribution >= 0.6 is 0 Å². The van der Waals surface area contributed by atoms with Crippen LogP contribution in [0.1, 0.15) is 64.5 Å². The molecule has 0 radical (unpaired) electrons. The molecule has 9 aromatic rings. The van der Waals surface area contributed by atoms with Gasteiger partial charge in [0.25, 0.3) is 0 Å². The number of benzene rings is 9. The van der Waals surface area contributed by atoms with E-state index in [0.717, 1.165) is 25.7 Å². The molecule has 0 saturated carbocycles. The van der Waals surface area contributed by atoms with Gasteiger partial charge in [-0.2, -0.15) is 0 Å². The topological polar surface area (TPSA) is 0 Å². The first-order chi connectivity index (χ1) is 27.7. The molecule has 3 unspecified atom stereocenters. The molecular weight excluding hydrogens is 673 g/mol. The third-order valence-electron chi connectivity index (χ3n) is 13.3. The third-order valence-corrected chi connectivity index (χ3v) is 13.3. The second-order valence-electron chi connectivity index (χ2n) is 16.3. The van der Waals surface area contributed by atoms with Gasteiger partial charge in [-0.1, -0.05) is 189 Å². The van der Waals surface area contributed by atoms with Crippen LogP contribution in [0.15, 0.2) is 182 Å². The van der Waals surface area contributed by atoms with Crippen molar-refractivity contribution < 1.29 is 0 Å². The van der Waals surface area contributed by atoms with Crippen molar-refractivity contribution in [3.63, 3.8) is 0 Å². The molecule has 0 N–H and O–H groups in total. The minimum absolute atomic E-state index is 0.326. The monoisotopic (exact) mass is 716 g/mol. The van der Waals surface area contributed by atoms with E-state index in [4.69, 9.17) is 0 Å². The molecule has 9 aromatic carbocycles. The molecule has 56 heavy (non-hydrogen) atoms. The Kier molecular flexibility index (Phi) is 7.99. The third kappa shape index (κ3) is 5.35. The van der Waals surface area contributed by atoms with Crippen LogP contribution < -0.4 is 0 Å². The van der Waals surface area contributed by atoms with Crippen molar-refractivity contribution in [2.24, 2.45) is 0 Å². The highest BCUT2D eigenvalue weighted by Gasteiger charge is 2.33. The van der Waals surface area contributed by atoms with Gasteiger partial charge >= 0.3 is 0 Å². The molecule has 0 nitrogen and oxygen atoms in total. The van der Waals surface area contributed by atoms with Gasteiger partial charge < -0.3 is 0 Å². The quantitative estimate of drug-likeness (QED) is 0.159. The fourth-order valence-electron chi connectivity index (χ4n) is 10.7. The minimum Gasteiger partial charge on any atom is -0.0622 e. The summed E-state index contributed by atoms with van der Waals surface area (Å²) in [5.74, 6) is 1.06. The predicted octanol–water partition coefficient (Wildman–Crippen LogP) is 14.9. The van der Waals surface area contributed by atoms with Crippen molar-refractivity contribution in [3.05, 3.63) is 215 Å². The van der Waals surface area contributed by atoms with Crippen LogP contribution in [0.25, 0.3) is 65.7 Å². The minimum atomic E-state index is 0.326. The van der Waals surface area contributed by atoms with Crippen LogP contribution in [-0.2, 0) is 19.3 Å². The zero-order valence-electron chi connectivity index (χ0n) is 31.9. The molecule has 2 aliphatic carbocycles. The molecule has 11 rings (SSSR count). The first kappa shape index (κ1) is 33.1. The Balaban J connectivity index is 1.12. The molecule has 0 heterocycles. The van der Waals surface area contributed by atoms with Gasteiger partial charge in [-0.3, -0.25) is 0 Å². The van der Waals surface area contributed by atoms with E-state index < -0.39 is 0 Å². The lowest BCUT2D eigenvalue weighted by Gasteiger charge is -2.28. The highest BCUT2D eigenvalue weighted by Crippen LogP contribution is 2.52. The van der Waals surface area contributed by atoms with E-state index >= 15 is 0 Å². The average Bonchev–Trinajstić information content (AvgIpc) is 3.50. The number of fused-ring (bicyclic) bond motifs is 12.